The Balaban J connectivity index is 2.52. The molecule has 0 unspecified atom stereocenters. The van der Waals surface area contributed by atoms with E-state index in [-0.39, 0.29) is 30.3 Å². The molecule has 2 rings (SSSR count). The first-order valence-electron chi connectivity index (χ1n) is 7.97. The second-order valence-corrected chi connectivity index (χ2v) is 5.32. The Hall–Kier alpha value is -2.92. The third kappa shape index (κ3) is 4.83. The fourth-order valence-electron chi connectivity index (χ4n) is 2.35. The topological polar surface area (TPSA) is 49.7 Å². The Kier molecular flexibility index (Phi) is 6.53. The van der Waals surface area contributed by atoms with Gasteiger partial charge in [-0.15, -0.1) is 5.92 Å². The minimum atomic E-state index is -4.54. The van der Waals surface area contributed by atoms with Crippen LogP contribution in [0.15, 0.2) is 30.6 Å². The fraction of sp³-hybridized carbons (Fsp3) is 0.316. The van der Waals surface area contributed by atoms with Crippen molar-refractivity contribution < 1.29 is 32.2 Å². The molecule has 0 aliphatic carbocycles. The number of rotatable bonds is 6. The maximum absolute atomic E-state index is 13.2. The van der Waals surface area contributed by atoms with Crippen molar-refractivity contribution in [3.05, 3.63) is 47.3 Å². The van der Waals surface area contributed by atoms with E-state index < -0.39 is 17.7 Å². The van der Waals surface area contributed by atoms with Gasteiger partial charge in [0, 0.05) is 31.3 Å². The molecule has 0 radical (unpaired) electrons. The summed E-state index contributed by atoms with van der Waals surface area (Å²) in [5.41, 5.74) is -0.470. The van der Waals surface area contributed by atoms with Crippen LogP contribution >= 0.6 is 0 Å². The maximum atomic E-state index is 13.2. The molecule has 0 saturated carbocycles. The number of aromatic nitrogens is 1. The quantitative estimate of drug-likeness (QED) is 0.431. The van der Waals surface area contributed by atoms with E-state index in [1.807, 2.05) is 0 Å². The van der Waals surface area contributed by atoms with E-state index in [0.717, 1.165) is 6.20 Å². The number of nitrogens with zero attached hydrogens (tertiary/aromatic N) is 1. The summed E-state index contributed by atoms with van der Waals surface area (Å²) in [7, 11) is 1.41. The number of carbonyl (C=O) groups is 1. The second kappa shape index (κ2) is 8.64. The Morgan fingerprint density at radius 1 is 1.26 bits per heavy atom. The van der Waals surface area contributed by atoms with Crippen LogP contribution in [0.3, 0.4) is 0 Å². The zero-order valence-corrected chi connectivity index (χ0v) is 15.0. The molecule has 0 bridgehead atoms. The molecule has 144 valence electrons. The lowest BCUT2D eigenvalue weighted by Gasteiger charge is -2.12. The third-order valence-corrected chi connectivity index (χ3v) is 3.48. The van der Waals surface area contributed by atoms with Gasteiger partial charge in [-0.1, -0.05) is 5.92 Å². The van der Waals surface area contributed by atoms with Crippen LogP contribution in [0.2, 0.25) is 0 Å². The molecule has 0 atom stereocenters. The lowest BCUT2D eigenvalue weighted by molar-refractivity contribution is -0.137. The van der Waals surface area contributed by atoms with Crippen LogP contribution in [0.25, 0.3) is 5.69 Å². The zero-order chi connectivity index (χ0) is 20.0. The molecular formula is C19H18F3NO4. The third-order valence-electron chi connectivity index (χ3n) is 3.48. The Morgan fingerprint density at radius 2 is 2.00 bits per heavy atom. The number of benzene rings is 1. The van der Waals surface area contributed by atoms with Crippen molar-refractivity contribution in [3.8, 4) is 23.3 Å². The molecule has 0 fully saturated rings. The number of alkyl halides is 3. The minimum Gasteiger partial charge on any atom is -0.467 e. The van der Waals surface area contributed by atoms with Crippen molar-refractivity contribution in [3.63, 3.8) is 0 Å². The lowest BCUT2D eigenvalue weighted by Crippen LogP contribution is -2.10. The van der Waals surface area contributed by atoms with Gasteiger partial charge in [-0.25, -0.2) is 4.79 Å². The van der Waals surface area contributed by atoms with E-state index in [1.54, 1.807) is 6.92 Å². The van der Waals surface area contributed by atoms with Crippen molar-refractivity contribution in [1.29, 1.82) is 0 Å². The largest absolute Gasteiger partial charge is 0.467 e. The smallest absolute Gasteiger partial charge is 0.419 e. The van der Waals surface area contributed by atoms with Gasteiger partial charge in [-0.3, -0.25) is 0 Å². The number of methoxy groups -OCH3 is 1. The normalized spacial score (nSPS) is 10.9. The molecule has 8 heteroatoms. The minimum absolute atomic E-state index is 0.137. The van der Waals surface area contributed by atoms with Crippen LogP contribution in [0.1, 0.15) is 35.3 Å². The van der Waals surface area contributed by atoms with E-state index in [1.165, 1.54) is 43.0 Å². The summed E-state index contributed by atoms with van der Waals surface area (Å²) in [6.07, 6.45) is -2.32. The standard InChI is InChI=1S/C19H18F3NO4/c1-4-6-13-10-23(11-16(13)19(20,21)22)14-7-8-15(18(24)26-5-2)17(9-14)27-12-25-3/h7-11H,5,12H2,1-3H3. The first kappa shape index (κ1) is 20.4. The summed E-state index contributed by atoms with van der Waals surface area (Å²) in [5.74, 6) is 4.46. The van der Waals surface area contributed by atoms with Gasteiger partial charge in [0.15, 0.2) is 6.79 Å². The summed E-state index contributed by atoms with van der Waals surface area (Å²) in [5, 5.41) is 0. The maximum Gasteiger partial charge on any atom is 0.419 e. The van der Waals surface area contributed by atoms with Gasteiger partial charge >= 0.3 is 12.1 Å². The van der Waals surface area contributed by atoms with Gasteiger partial charge in [0.2, 0.25) is 0 Å². The summed E-state index contributed by atoms with van der Waals surface area (Å²) in [4.78, 5) is 12.0. The summed E-state index contributed by atoms with van der Waals surface area (Å²) >= 11 is 0. The number of halogens is 3. The Morgan fingerprint density at radius 3 is 2.59 bits per heavy atom. The molecule has 0 aliphatic rings. The predicted octanol–water partition coefficient (Wildman–Crippen LogP) is 4.03. The zero-order valence-electron chi connectivity index (χ0n) is 15.0. The van der Waals surface area contributed by atoms with Crippen LogP contribution in [0, 0.1) is 11.8 Å². The van der Waals surface area contributed by atoms with E-state index in [0.29, 0.717) is 5.69 Å². The summed E-state index contributed by atoms with van der Waals surface area (Å²) in [6, 6.07) is 4.36. The average Bonchev–Trinajstić information content (AvgIpc) is 3.04. The van der Waals surface area contributed by atoms with Crippen molar-refractivity contribution in [2.75, 3.05) is 20.5 Å². The molecule has 0 spiro atoms. The number of carbonyl (C=O) groups excluding carboxylic acids is 1. The molecule has 0 amide bonds. The fourth-order valence-corrected chi connectivity index (χ4v) is 2.35. The van der Waals surface area contributed by atoms with Crippen LogP contribution < -0.4 is 4.74 Å². The van der Waals surface area contributed by atoms with Crippen molar-refractivity contribution in [2.45, 2.75) is 20.0 Å². The highest BCUT2D eigenvalue weighted by Gasteiger charge is 2.34. The van der Waals surface area contributed by atoms with Crippen molar-refractivity contribution in [1.82, 2.24) is 4.57 Å². The van der Waals surface area contributed by atoms with Crippen LogP contribution in [0.4, 0.5) is 13.2 Å². The van der Waals surface area contributed by atoms with Crippen LogP contribution in [-0.4, -0.2) is 31.0 Å². The predicted molar refractivity (Wildman–Crippen MR) is 91.8 cm³/mol. The summed E-state index contributed by atoms with van der Waals surface area (Å²) < 4.78 is 56.1. The van der Waals surface area contributed by atoms with Gasteiger partial charge in [-0.05, 0) is 26.0 Å². The highest BCUT2D eigenvalue weighted by atomic mass is 19.4. The van der Waals surface area contributed by atoms with E-state index in [4.69, 9.17) is 14.2 Å². The summed E-state index contributed by atoms with van der Waals surface area (Å²) in [6.45, 7) is 3.16. The molecular weight excluding hydrogens is 363 g/mol. The molecule has 27 heavy (non-hydrogen) atoms. The van der Waals surface area contributed by atoms with Gasteiger partial charge in [0.1, 0.15) is 11.3 Å². The van der Waals surface area contributed by atoms with Crippen LogP contribution in [0.5, 0.6) is 5.75 Å². The molecule has 1 heterocycles. The van der Waals surface area contributed by atoms with E-state index >= 15 is 0 Å². The number of ether oxygens (including phenoxy) is 3. The van der Waals surface area contributed by atoms with Crippen LogP contribution in [-0.2, 0) is 15.7 Å². The van der Waals surface area contributed by atoms with Gasteiger partial charge in [0.05, 0.1) is 17.7 Å². The lowest BCUT2D eigenvalue weighted by atomic mass is 10.2. The first-order chi connectivity index (χ1) is 12.8. The second-order valence-electron chi connectivity index (χ2n) is 5.32. The van der Waals surface area contributed by atoms with E-state index in [9.17, 15) is 18.0 Å². The molecule has 0 saturated heterocycles. The molecule has 1 aromatic carbocycles. The number of hydrogen-bond acceptors (Lipinski definition) is 4. The molecule has 0 N–H and O–H groups in total. The first-order valence-corrected chi connectivity index (χ1v) is 7.97. The Bertz CT molecular complexity index is 875. The van der Waals surface area contributed by atoms with Crippen molar-refractivity contribution in [2.24, 2.45) is 0 Å². The SMILES string of the molecule is CC#Cc1cn(-c2ccc(C(=O)OCC)c(OCOC)c2)cc1C(F)(F)F. The molecule has 1 aromatic heterocycles. The van der Waals surface area contributed by atoms with Gasteiger partial charge in [0.25, 0.3) is 0 Å². The average molecular weight is 381 g/mol. The molecule has 2 aromatic rings. The molecule has 5 nitrogen and oxygen atoms in total. The Labute approximate surface area is 154 Å². The molecule has 0 aliphatic heterocycles. The van der Waals surface area contributed by atoms with Gasteiger partial charge in [-0.2, -0.15) is 13.2 Å². The van der Waals surface area contributed by atoms with Gasteiger partial charge < -0.3 is 18.8 Å². The highest BCUT2D eigenvalue weighted by molar-refractivity contribution is 5.92. The monoisotopic (exact) mass is 381 g/mol. The van der Waals surface area contributed by atoms with Crippen molar-refractivity contribution >= 4 is 5.97 Å². The number of hydrogen-bond donors (Lipinski definition) is 0. The van der Waals surface area contributed by atoms with E-state index in [2.05, 4.69) is 11.8 Å². The number of esters is 1. The highest BCUT2D eigenvalue weighted by Crippen LogP contribution is 2.34.